The number of carbonyl (C=O) groups excluding carboxylic acids is 6. The molecule has 4 aromatic carbocycles. The lowest BCUT2D eigenvalue weighted by molar-refractivity contribution is -0.142. The number of nitrogens with one attached hydrogen (secondary N) is 6. The molecule has 15 nitrogen and oxygen atoms in total. The van der Waals surface area contributed by atoms with Crippen LogP contribution in [-0.2, 0) is 54.5 Å². The molecular formula is C49H56N8O7. The maximum atomic E-state index is 14.7. The Bertz CT molecular complexity index is 2410. The van der Waals surface area contributed by atoms with E-state index in [1.807, 2.05) is 84.9 Å². The van der Waals surface area contributed by atoms with Gasteiger partial charge >= 0.3 is 0 Å². The lowest BCUT2D eigenvalue weighted by atomic mass is 9.99. The van der Waals surface area contributed by atoms with E-state index in [0.717, 1.165) is 27.6 Å². The van der Waals surface area contributed by atoms with Crippen LogP contribution in [0.3, 0.4) is 0 Å². The molecule has 3 heterocycles. The van der Waals surface area contributed by atoms with Gasteiger partial charge in [0, 0.05) is 49.3 Å². The second-order valence-electron chi connectivity index (χ2n) is 16.6. The lowest BCUT2D eigenvalue weighted by Crippen LogP contribution is -2.62. The van der Waals surface area contributed by atoms with Gasteiger partial charge in [-0.05, 0) is 79.1 Å². The summed E-state index contributed by atoms with van der Waals surface area (Å²) in [5, 5.41) is 25.4. The topological polar surface area (TPSA) is 228 Å². The van der Waals surface area contributed by atoms with Gasteiger partial charge in [0.05, 0.1) is 0 Å². The average molecular weight is 869 g/mol. The van der Waals surface area contributed by atoms with Gasteiger partial charge in [-0.2, -0.15) is 0 Å². The maximum absolute atomic E-state index is 14.7. The summed E-state index contributed by atoms with van der Waals surface area (Å²) < 4.78 is 0. The Balaban J connectivity index is 1.29. The van der Waals surface area contributed by atoms with Gasteiger partial charge in [0.1, 0.15) is 42.0 Å². The first-order valence-electron chi connectivity index (χ1n) is 22.0. The molecule has 2 aliphatic heterocycles. The smallest absolute Gasteiger partial charge is 0.246 e. The summed E-state index contributed by atoms with van der Waals surface area (Å²) in [7, 11) is 0. The third-order valence-corrected chi connectivity index (χ3v) is 12.0. The fourth-order valence-electron chi connectivity index (χ4n) is 8.54. The van der Waals surface area contributed by atoms with Crippen LogP contribution >= 0.6 is 0 Å². The fourth-order valence-corrected chi connectivity index (χ4v) is 8.54. The molecule has 0 radical (unpaired) electrons. The Hall–Kier alpha value is -7.00. The first-order valence-corrected chi connectivity index (χ1v) is 22.0. The van der Waals surface area contributed by atoms with Gasteiger partial charge in [-0.3, -0.25) is 28.8 Å². The van der Waals surface area contributed by atoms with Crippen LogP contribution in [0, 0.1) is 0 Å². The molecule has 6 amide bonds. The summed E-state index contributed by atoms with van der Waals surface area (Å²) >= 11 is 0. The van der Waals surface area contributed by atoms with E-state index in [1.54, 1.807) is 18.3 Å². The number of aromatic nitrogens is 1. The Labute approximate surface area is 371 Å². The second-order valence-corrected chi connectivity index (χ2v) is 16.6. The monoisotopic (exact) mass is 868 g/mol. The molecule has 15 heteroatoms. The van der Waals surface area contributed by atoms with E-state index in [9.17, 15) is 33.9 Å². The first kappa shape index (κ1) is 45.0. The SMILES string of the molecule is NCCCC[C@@H]1NC(=O)[C@H](Cc2c[nH]c3ccccc23)NC(=O)[C@H](Cc2ccccc2)NC(=O)[C@@H]2CCCN2C(=O)[C@H](Cc2ccccc2)NC(=O)[C@H](Cc2ccc(O)cc2)NC1=O. The van der Waals surface area contributed by atoms with Crippen LogP contribution in [0.15, 0.2) is 115 Å². The number of nitrogens with zero attached hydrogens (tertiary/aromatic N) is 1. The van der Waals surface area contributed by atoms with Crippen molar-refractivity contribution in [2.45, 2.75) is 94.0 Å². The van der Waals surface area contributed by atoms with E-state index in [1.165, 1.54) is 17.0 Å². The number of aromatic amines is 1. The van der Waals surface area contributed by atoms with Crippen molar-refractivity contribution < 1.29 is 33.9 Å². The molecule has 0 unspecified atom stereocenters. The number of amides is 6. The molecule has 7 rings (SSSR count). The van der Waals surface area contributed by atoms with Gasteiger partial charge < -0.3 is 47.3 Å². The summed E-state index contributed by atoms with van der Waals surface area (Å²) in [6.07, 6.45) is 3.94. The van der Waals surface area contributed by atoms with Crippen molar-refractivity contribution in [3.05, 3.63) is 138 Å². The molecule has 9 N–H and O–H groups in total. The molecule has 0 aliphatic carbocycles. The molecule has 0 bridgehead atoms. The molecule has 0 spiro atoms. The first-order chi connectivity index (χ1) is 31.1. The quantitative estimate of drug-likeness (QED) is 0.0868. The van der Waals surface area contributed by atoms with E-state index < -0.39 is 71.7 Å². The number of carbonyl (C=O) groups is 6. The van der Waals surface area contributed by atoms with Crippen molar-refractivity contribution in [1.29, 1.82) is 0 Å². The molecule has 1 aromatic heterocycles. The summed E-state index contributed by atoms with van der Waals surface area (Å²) in [6, 6.07) is 25.2. The normalized spacial score (nSPS) is 22.7. The van der Waals surface area contributed by atoms with Crippen LogP contribution in [0.25, 0.3) is 10.9 Å². The number of unbranched alkanes of at least 4 members (excludes halogenated alkanes) is 1. The van der Waals surface area contributed by atoms with E-state index in [2.05, 4.69) is 31.6 Å². The highest BCUT2D eigenvalue weighted by atomic mass is 16.3. The number of hydrogen-bond donors (Lipinski definition) is 8. The summed E-state index contributed by atoms with van der Waals surface area (Å²) in [6.45, 7) is 0.579. The highest BCUT2D eigenvalue weighted by Gasteiger charge is 2.41. The van der Waals surface area contributed by atoms with Crippen molar-refractivity contribution in [3.8, 4) is 5.75 Å². The maximum Gasteiger partial charge on any atom is 0.246 e. The minimum absolute atomic E-state index is 0.0167. The van der Waals surface area contributed by atoms with Crippen LogP contribution in [0.4, 0.5) is 0 Å². The Morgan fingerprint density at radius 3 is 1.67 bits per heavy atom. The van der Waals surface area contributed by atoms with Crippen molar-refractivity contribution in [3.63, 3.8) is 0 Å². The predicted octanol–water partition coefficient (Wildman–Crippen LogP) is 2.70. The highest BCUT2D eigenvalue weighted by molar-refractivity contribution is 5.99. The van der Waals surface area contributed by atoms with E-state index in [4.69, 9.17) is 5.73 Å². The number of phenolic OH excluding ortho intramolecular Hbond substituents is 1. The summed E-state index contributed by atoms with van der Waals surface area (Å²) in [4.78, 5) is 92.1. The average Bonchev–Trinajstić information content (AvgIpc) is 3.97. The highest BCUT2D eigenvalue weighted by Crippen LogP contribution is 2.23. The molecule has 334 valence electrons. The summed E-state index contributed by atoms with van der Waals surface area (Å²) in [5.41, 5.74) is 9.53. The Morgan fingerprint density at radius 2 is 1.05 bits per heavy atom. The molecule has 5 aromatic rings. The minimum Gasteiger partial charge on any atom is -0.508 e. The largest absolute Gasteiger partial charge is 0.508 e. The lowest BCUT2D eigenvalue weighted by Gasteiger charge is -2.32. The number of rotatable bonds is 12. The third kappa shape index (κ3) is 11.5. The second kappa shape index (κ2) is 21.4. The van der Waals surface area contributed by atoms with E-state index in [-0.39, 0.29) is 44.4 Å². The number of benzene rings is 4. The zero-order valence-electron chi connectivity index (χ0n) is 35.6. The summed E-state index contributed by atoms with van der Waals surface area (Å²) in [5.74, 6) is -3.58. The van der Waals surface area contributed by atoms with Crippen LogP contribution in [0.1, 0.15) is 54.4 Å². The minimum atomic E-state index is -1.24. The van der Waals surface area contributed by atoms with Gasteiger partial charge in [-0.15, -0.1) is 0 Å². The zero-order chi connectivity index (χ0) is 45.0. The zero-order valence-corrected chi connectivity index (χ0v) is 35.6. The van der Waals surface area contributed by atoms with Crippen molar-refractivity contribution in [1.82, 2.24) is 36.5 Å². The van der Waals surface area contributed by atoms with Gasteiger partial charge in [0.25, 0.3) is 0 Å². The van der Waals surface area contributed by atoms with Gasteiger partial charge in [-0.1, -0.05) is 91.0 Å². The van der Waals surface area contributed by atoms with Crippen molar-refractivity contribution in [2.75, 3.05) is 13.1 Å². The number of nitrogens with two attached hydrogens (primary N) is 1. The van der Waals surface area contributed by atoms with Crippen LogP contribution in [0.2, 0.25) is 0 Å². The molecule has 2 saturated heterocycles. The Kier molecular flexibility index (Phi) is 15.0. The molecule has 64 heavy (non-hydrogen) atoms. The van der Waals surface area contributed by atoms with Gasteiger partial charge in [0.2, 0.25) is 35.4 Å². The van der Waals surface area contributed by atoms with E-state index >= 15 is 0 Å². The predicted molar refractivity (Wildman–Crippen MR) is 241 cm³/mol. The molecular weight excluding hydrogens is 813 g/mol. The Morgan fingerprint density at radius 1 is 0.547 bits per heavy atom. The van der Waals surface area contributed by atoms with Crippen LogP contribution < -0.4 is 32.3 Å². The number of hydrogen-bond acceptors (Lipinski definition) is 8. The third-order valence-electron chi connectivity index (χ3n) is 12.0. The number of fused-ring (bicyclic) bond motifs is 2. The van der Waals surface area contributed by atoms with Crippen LogP contribution in [0.5, 0.6) is 5.75 Å². The van der Waals surface area contributed by atoms with E-state index in [0.29, 0.717) is 37.8 Å². The van der Waals surface area contributed by atoms with Gasteiger partial charge in [-0.25, -0.2) is 0 Å². The number of para-hydroxylation sites is 1. The van der Waals surface area contributed by atoms with Crippen molar-refractivity contribution >= 4 is 46.3 Å². The molecule has 2 aliphatic rings. The molecule has 6 atom stereocenters. The van der Waals surface area contributed by atoms with Crippen LogP contribution in [-0.4, -0.2) is 99.8 Å². The van der Waals surface area contributed by atoms with Crippen molar-refractivity contribution in [2.24, 2.45) is 5.73 Å². The standard InChI is InChI=1S/C49H56N8O7/c50-24-10-9-18-38-44(59)53-39(27-33-20-22-35(58)23-21-33)46(61)56-42(28-32-14-5-2-6-15-32)49(64)57-25-11-19-43(57)48(63)55-40(26-31-12-3-1-4-13-31)45(60)54-41(47(62)52-38)29-34-30-51-37-17-8-7-16-36(34)37/h1-8,12-17,20-23,30,38-43,51,58H,9-11,18-19,24-29,50H2,(H,52,62)(H,53,59)(H,54,60)(H,55,63)(H,56,61)/t38-,39-,40-,41-,42-,43-/m0/s1. The molecule has 2 fully saturated rings. The number of H-pyrrole nitrogens is 1. The van der Waals surface area contributed by atoms with Gasteiger partial charge in [0.15, 0.2) is 0 Å². The number of phenols is 1. The molecule has 0 saturated carbocycles. The number of aromatic hydroxyl groups is 1. The fraction of sp³-hybridized carbons (Fsp3) is 0.347.